The highest BCUT2D eigenvalue weighted by atomic mass is 79.9. The van der Waals surface area contributed by atoms with Crippen LogP contribution < -0.4 is 0 Å². The molecule has 2 heterocycles. The van der Waals surface area contributed by atoms with E-state index in [1.54, 1.807) is 0 Å². The Morgan fingerprint density at radius 2 is 2.00 bits per heavy atom. The lowest BCUT2D eigenvalue weighted by atomic mass is 10.0. The van der Waals surface area contributed by atoms with Crippen molar-refractivity contribution in [2.24, 2.45) is 11.8 Å². The van der Waals surface area contributed by atoms with Gasteiger partial charge in [-0.25, -0.2) is 0 Å². The summed E-state index contributed by atoms with van der Waals surface area (Å²) < 4.78 is 2.98. The lowest BCUT2D eigenvalue weighted by molar-refractivity contribution is 0.0774. The van der Waals surface area contributed by atoms with Gasteiger partial charge in [0.25, 0.3) is 5.91 Å². The molecule has 3 nitrogen and oxygen atoms in total. The monoisotopic (exact) mass is 298 g/mol. The number of nitrogens with zero attached hydrogens (tertiary/aromatic N) is 2. The highest BCUT2D eigenvalue weighted by Gasteiger charge is 2.31. The molecule has 0 aromatic carbocycles. The van der Waals surface area contributed by atoms with Gasteiger partial charge in [-0.1, -0.05) is 13.8 Å². The van der Waals surface area contributed by atoms with Crippen molar-refractivity contribution in [3.8, 4) is 0 Å². The Morgan fingerprint density at radius 3 is 2.53 bits per heavy atom. The highest BCUT2D eigenvalue weighted by Crippen LogP contribution is 2.25. The first-order chi connectivity index (χ1) is 8.02. The maximum absolute atomic E-state index is 12.4. The molecule has 2 rings (SSSR count). The van der Waals surface area contributed by atoms with Gasteiger partial charge in [0, 0.05) is 30.3 Å². The zero-order valence-corrected chi connectivity index (χ0v) is 12.2. The minimum absolute atomic E-state index is 0.161. The van der Waals surface area contributed by atoms with Crippen LogP contribution in [-0.4, -0.2) is 28.5 Å². The zero-order chi connectivity index (χ0) is 12.6. The number of likely N-dealkylation sites (tertiary alicyclic amines) is 1. The first-order valence-corrected chi connectivity index (χ1v) is 6.97. The smallest absolute Gasteiger partial charge is 0.270 e. The first kappa shape index (κ1) is 12.7. The van der Waals surface area contributed by atoms with Crippen LogP contribution in [0, 0.1) is 11.8 Å². The molecule has 94 valence electrons. The van der Waals surface area contributed by atoms with Gasteiger partial charge in [0.15, 0.2) is 0 Å². The molecule has 1 aromatic heterocycles. The predicted octanol–water partition coefficient (Wildman–Crippen LogP) is 3.00. The number of halogens is 1. The number of aryl methyl sites for hydroxylation is 1. The van der Waals surface area contributed by atoms with Gasteiger partial charge in [-0.2, -0.15) is 0 Å². The summed E-state index contributed by atoms with van der Waals surface area (Å²) in [5.41, 5.74) is 0.792. The van der Waals surface area contributed by atoms with Gasteiger partial charge in [-0.3, -0.25) is 4.79 Å². The van der Waals surface area contributed by atoms with Crippen LogP contribution in [0.5, 0.6) is 0 Å². The average molecular weight is 299 g/mol. The third kappa shape index (κ3) is 2.41. The molecule has 0 radical (unpaired) electrons. The standard InChI is InChI=1S/C13H19BrN2O/c1-4-15-8-11(14)5-12(15)13(17)16-6-9(2)10(3)7-16/h5,8-10H,4,6-7H2,1-3H3. The fourth-order valence-electron chi connectivity index (χ4n) is 2.37. The van der Waals surface area contributed by atoms with Gasteiger partial charge < -0.3 is 9.47 Å². The van der Waals surface area contributed by atoms with E-state index in [2.05, 4.69) is 36.7 Å². The lowest BCUT2D eigenvalue weighted by Gasteiger charge is -2.17. The molecule has 17 heavy (non-hydrogen) atoms. The Labute approximate surface area is 111 Å². The number of hydrogen-bond donors (Lipinski definition) is 0. The predicted molar refractivity (Wildman–Crippen MR) is 72.0 cm³/mol. The van der Waals surface area contributed by atoms with E-state index in [-0.39, 0.29) is 5.91 Å². The Bertz CT molecular complexity index is 417. The number of carbonyl (C=O) groups excluding carboxylic acids is 1. The summed E-state index contributed by atoms with van der Waals surface area (Å²) >= 11 is 3.43. The van der Waals surface area contributed by atoms with Crippen molar-refractivity contribution in [1.82, 2.24) is 9.47 Å². The molecule has 4 heteroatoms. The number of rotatable bonds is 2. The molecule has 1 fully saturated rings. The average Bonchev–Trinajstić information content (AvgIpc) is 2.82. The van der Waals surface area contributed by atoms with Gasteiger partial charge in [-0.05, 0) is 40.8 Å². The SMILES string of the molecule is CCn1cc(Br)cc1C(=O)N1CC(C)C(C)C1. The number of carbonyl (C=O) groups is 1. The minimum atomic E-state index is 0.161. The van der Waals surface area contributed by atoms with Crippen molar-refractivity contribution in [3.63, 3.8) is 0 Å². The van der Waals surface area contributed by atoms with E-state index in [1.807, 2.05) is 21.7 Å². The second kappa shape index (κ2) is 4.84. The van der Waals surface area contributed by atoms with E-state index in [0.717, 1.165) is 29.8 Å². The van der Waals surface area contributed by atoms with Gasteiger partial charge in [0.2, 0.25) is 0 Å². The summed E-state index contributed by atoms with van der Waals surface area (Å²) in [4.78, 5) is 14.4. The summed E-state index contributed by atoms with van der Waals surface area (Å²) in [5.74, 6) is 1.37. The largest absolute Gasteiger partial charge is 0.343 e. The molecule has 1 saturated heterocycles. The van der Waals surface area contributed by atoms with Crippen molar-refractivity contribution in [3.05, 3.63) is 22.4 Å². The van der Waals surface area contributed by atoms with Crippen molar-refractivity contribution in [2.45, 2.75) is 27.3 Å². The van der Waals surface area contributed by atoms with E-state index >= 15 is 0 Å². The molecular formula is C13H19BrN2O. The molecule has 1 aliphatic heterocycles. The molecule has 0 N–H and O–H groups in total. The Kier molecular flexibility index (Phi) is 3.61. The molecule has 1 amide bonds. The molecule has 0 aliphatic carbocycles. The topological polar surface area (TPSA) is 25.2 Å². The van der Waals surface area contributed by atoms with Crippen LogP contribution in [0.25, 0.3) is 0 Å². The zero-order valence-electron chi connectivity index (χ0n) is 10.6. The summed E-state index contributed by atoms with van der Waals surface area (Å²) in [7, 11) is 0. The van der Waals surface area contributed by atoms with Crippen molar-refractivity contribution in [1.29, 1.82) is 0 Å². The Balaban J connectivity index is 2.20. The third-order valence-electron chi connectivity index (χ3n) is 3.70. The second-order valence-corrected chi connectivity index (χ2v) is 5.91. The van der Waals surface area contributed by atoms with E-state index in [1.165, 1.54) is 0 Å². The quantitative estimate of drug-likeness (QED) is 0.824. The van der Waals surface area contributed by atoms with Crippen LogP contribution in [0.15, 0.2) is 16.7 Å². The molecule has 0 bridgehead atoms. The normalized spacial score (nSPS) is 24.4. The minimum Gasteiger partial charge on any atom is -0.343 e. The highest BCUT2D eigenvalue weighted by molar-refractivity contribution is 9.10. The van der Waals surface area contributed by atoms with Crippen LogP contribution >= 0.6 is 15.9 Å². The van der Waals surface area contributed by atoms with Gasteiger partial charge >= 0.3 is 0 Å². The molecule has 0 spiro atoms. The van der Waals surface area contributed by atoms with Crippen LogP contribution in [0.1, 0.15) is 31.3 Å². The van der Waals surface area contributed by atoms with E-state index < -0.39 is 0 Å². The number of hydrogen-bond acceptors (Lipinski definition) is 1. The van der Waals surface area contributed by atoms with Crippen molar-refractivity contribution < 1.29 is 4.79 Å². The number of amides is 1. The molecule has 2 atom stereocenters. The van der Waals surface area contributed by atoms with E-state index in [0.29, 0.717) is 11.8 Å². The molecule has 1 aliphatic rings. The van der Waals surface area contributed by atoms with Crippen LogP contribution in [0.2, 0.25) is 0 Å². The van der Waals surface area contributed by atoms with E-state index in [9.17, 15) is 4.79 Å². The van der Waals surface area contributed by atoms with Gasteiger partial charge in [0.1, 0.15) is 5.69 Å². The van der Waals surface area contributed by atoms with Crippen LogP contribution in [0.4, 0.5) is 0 Å². The fourth-order valence-corrected chi connectivity index (χ4v) is 2.84. The maximum atomic E-state index is 12.4. The molecule has 0 saturated carbocycles. The summed E-state index contributed by atoms with van der Waals surface area (Å²) in [6, 6.07) is 1.92. The van der Waals surface area contributed by atoms with E-state index in [4.69, 9.17) is 0 Å². The van der Waals surface area contributed by atoms with Crippen LogP contribution in [-0.2, 0) is 6.54 Å². The maximum Gasteiger partial charge on any atom is 0.270 e. The molecule has 2 unspecified atom stereocenters. The molecule has 1 aromatic rings. The Hall–Kier alpha value is -0.770. The van der Waals surface area contributed by atoms with Gasteiger partial charge in [-0.15, -0.1) is 0 Å². The second-order valence-electron chi connectivity index (χ2n) is 4.99. The summed E-state index contributed by atoms with van der Waals surface area (Å²) in [6.07, 6.45) is 1.97. The fraction of sp³-hybridized carbons (Fsp3) is 0.615. The van der Waals surface area contributed by atoms with Gasteiger partial charge in [0.05, 0.1) is 0 Å². The molecular weight excluding hydrogens is 280 g/mol. The summed E-state index contributed by atoms with van der Waals surface area (Å²) in [5, 5.41) is 0. The third-order valence-corrected chi connectivity index (χ3v) is 4.13. The summed E-state index contributed by atoms with van der Waals surface area (Å²) in [6.45, 7) is 9.07. The van der Waals surface area contributed by atoms with Crippen LogP contribution in [0.3, 0.4) is 0 Å². The van der Waals surface area contributed by atoms with Crippen molar-refractivity contribution >= 4 is 21.8 Å². The lowest BCUT2D eigenvalue weighted by Crippen LogP contribution is -2.30. The first-order valence-electron chi connectivity index (χ1n) is 6.17. The number of aromatic nitrogens is 1. The van der Waals surface area contributed by atoms with Crippen molar-refractivity contribution in [2.75, 3.05) is 13.1 Å². The Morgan fingerprint density at radius 1 is 1.41 bits per heavy atom.